The van der Waals surface area contributed by atoms with Crippen molar-refractivity contribution in [3.63, 3.8) is 0 Å². The highest BCUT2D eigenvalue weighted by Gasteiger charge is 2.25. The zero-order valence-corrected chi connectivity index (χ0v) is 20.5. The van der Waals surface area contributed by atoms with Crippen LogP contribution in [0.5, 0.6) is 0 Å². The lowest BCUT2D eigenvalue weighted by atomic mass is 9.95. The Morgan fingerprint density at radius 2 is 1.79 bits per heavy atom. The van der Waals surface area contributed by atoms with E-state index in [0.29, 0.717) is 4.88 Å². The van der Waals surface area contributed by atoms with Crippen LogP contribution in [-0.4, -0.2) is 29.4 Å². The Morgan fingerprint density at radius 1 is 1.00 bits per heavy atom. The van der Waals surface area contributed by atoms with E-state index in [-0.39, 0.29) is 24.4 Å². The van der Waals surface area contributed by atoms with Crippen molar-refractivity contribution in [1.82, 2.24) is 10.3 Å². The molecule has 1 fully saturated rings. The third-order valence-corrected chi connectivity index (χ3v) is 7.63. The number of pyridine rings is 1. The van der Waals surface area contributed by atoms with Crippen molar-refractivity contribution in [1.29, 1.82) is 0 Å². The Kier molecular flexibility index (Phi) is 6.33. The lowest BCUT2D eigenvalue weighted by molar-refractivity contribution is -0.120. The fraction of sp³-hybridized carbons (Fsp3) is 0.321. The molecule has 4 aromatic rings. The van der Waals surface area contributed by atoms with Gasteiger partial charge in [-0.05, 0) is 62.1 Å². The van der Waals surface area contributed by atoms with E-state index in [4.69, 9.17) is 4.98 Å². The number of fused-ring (bicyclic) bond motifs is 2. The molecular weight excluding hydrogens is 442 g/mol. The second kappa shape index (κ2) is 9.55. The third-order valence-electron chi connectivity index (χ3n) is 6.59. The summed E-state index contributed by atoms with van der Waals surface area (Å²) in [5.74, 6) is -0.278. The fourth-order valence-corrected chi connectivity index (χ4v) is 5.74. The maximum Gasteiger partial charge on any atom is 0.268 e. The molecule has 1 aliphatic carbocycles. The van der Waals surface area contributed by atoms with E-state index in [1.54, 1.807) is 4.90 Å². The lowest BCUT2D eigenvalue weighted by Gasteiger charge is -2.27. The monoisotopic (exact) mass is 471 g/mol. The average molecular weight is 472 g/mol. The first kappa shape index (κ1) is 22.5. The molecule has 174 valence electrons. The van der Waals surface area contributed by atoms with Crippen LogP contribution in [-0.2, 0) is 4.79 Å². The molecule has 2 aromatic heterocycles. The molecular formula is C28H29N3O2S. The summed E-state index contributed by atoms with van der Waals surface area (Å²) in [6.07, 6.45) is 5.55. The van der Waals surface area contributed by atoms with Crippen LogP contribution in [0.3, 0.4) is 0 Å². The predicted octanol–water partition coefficient (Wildman–Crippen LogP) is 6.16. The van der Waals surface area contributed by atoms with Crippen LogP contribution >= 0.6 is 11.3 Å². The summed E-state index contributed by atoms with van der Waals surface area (Å²) in [6, 6.07) is 18.1. The number of amides is 2. The number of benzene rings is 2. The van der Waals surface area contributed by atoms with Gasteiger partial charge in [0.1, 0.15) is 11.4 Å². The van der Waals surface area contributed by atoms with Crippen molar-refractivity contribution >= 4 is 50.0 Å². The Morgan fingerprint density at radius 3 is 2.59 bits per heavy atom. The molecule has 2 heterocycles. The maximum atomic E-state index is 13.8. The van der Waals surface area contributed by atoms with E-state index < -0.39 is 0 Å². The molecule has 0 aliphatic heterocycles. The molecule has 0 saturated heterocycles. The Labute approximate surface area is 203 Å². The van der Waals surface area contributed by atoms with E-state index in [0.717, 1.165) is 63.6 Å². The normalized spacial score (nSPS) is 14.4. The Balaban J connectivity index is 1.47. The minimum atomic E-state index is -0.170. The van der Waals surface area contributed by atoms with Crippen LogP contribution in [0.2, 0.25) is 0 Å². The zero-order valence-electron chi connectivity index (χ0n) is 19.6. The van der Waals surface area contributed by atoms with E-state index in [1.807, 2.05) is 44.2 Å². The Hall–Kier alpha value is -3.25. The van der Waals surface area contributed by atoms with E-state index in [9.17, 15) is 9.59 Å². The fourth-order valence-electron chi connectivity index (χ4n) is 4.77. The maximum absolute atomic E-state index is 13.8. The SMILES string of the molecule is Cc1ccc2cc3cc(C(=O)N(CC(=O)NC4CCCCC4)c4ccccc4C)sc3nc2c1. The lowest BCUT2D eigenvalue weighted by Crippen LogP contribution is -2.45. The molecule has 2 amide bonds. The molecule has 5 rings (SSSR count). The number of aryl methyl sites for hydroxylation is 2. The van der Waals surface area contributed by atoms with E-state index in [2.05, 4.69) is 29.6 Å². The van der Waals surface area contributed by atoms with Gasteiger partial charge in [0.2, 0.25) is 5.91 Å². The molecule has 0 radical (unpaired) electrons. The number of rotatable bonds is 5. The summed E-state index contributed by atoms with van der Waals surface area (Å²) >= 11 is 1.38. The molecule has 5 nitrogen and oxygen atoms in total. The number of thiophene rings is 1. The summed E-state index contributed by atoms with van der Waals surface area (Å²) in [5.41, 5.74) is 3.80. The number of carbonyl (C=O) groups is 2. The van der Waals surface area contributed by atoms with E-state index in [1.165, 1.54) is 17.8 Å². The van der Waals surface area contributed by atoms with Gasteiger partial charge in [0.15, 0.2) is 0 Å². The number of nitrogens with one attached hydrogen (secondary N) is 1. The number of nitrogens with zero attached hydrogens (tertiary/aromatic N) is 2. The molecule has 1 aliphatic rings. The quantitative estimate of drug-likeness (QED) is 0.379. The van der Waals surface area contributed by atoms with Gasteiger partial charge in [-0.25, -0.2) is 4.98 Å². The van der Waals surface area contributed by atoms with Gasteiger partial charge >= 0.3 is 0 Å². The van der Waals surface area contributed by atoms with Crippen LogP contribution in [0.15, 0.2) is 54.6 Å². The summed E-state index contributed by atoms with van der Waals surface area (Å²) in [7, 11) is 0. The molecule has 1 saturated carbocycles. The molecule has 0 bridgehead atoms. The van der Waals surface area contributed by atoms with Gasteiger partial charge < -0.3 is 5.32 Å². The number of anilines is 1. The smallest absolute Gasteiger partial charge is 0.268 e. The van der Waals surface area contributed by atoms with Gasteiger partial charge in [0.05, 0.1) is 10.4 Å². The number of carbonyl (C=O) groups excluding carboxylic acids is 2. The van der Waals surface area contributed by atoms with Crippen molar-refractivity contribution in [2.45, 2.75) is 52.0 Å². The van der Waals surface area contributed by atoms with Gasteiger partial charge in [0, 0.05) is 22.5 Å². The first-order valence-electron chi connectivity index (χ1n) is 12.0. The summed E-state index contributed by atoms with van der Waals surface area (Å²) in [6.45, 7) is 4.02. The molecule has 0 unspecified atom stereocenters. The number of aromatic nitrogens is 1. The van der Waals surface area contributed by atoms with Crippen molar-refractivity contribution in [3.05, 3.63) is 70.6 Å². The summed E-state index contributed by atoms with van der Waals surface area (Å²) in [4.78, 5) is 34.6. The summed E-state index contributed by atoms with van der Waals surface area (Å²) in [5, 5.41) is 5.16. The molecule has 34 heavy (non-hydrogen) atoms. The topological polar surface area (TPSA) is 62.3 Å². The first-order valence-corrected chi connectivity index (χ1v) is 12.8. The van der Waals surface area contributed by atoms with Crippen LogP contribution in [0, 0.1) is 13.8 Å². The standard InChI is InChI=1S/C28H29N3O2S/c1-18-12-13-20-15-21-16-25(34-27(21)30-23(20)14-18)28(33)31(24-11-7-6-8-19(24)2)17-26(32)29-22-9-4-3-5-10-22/h6-8,11-16,22H,3-5,9-10,17H2,1-2H3,(H,29,32). The predicted molar refractivity (Wildman–Crippen MR) is 140 cm³/mol. The van der Waals surface area contributed by atoms with Gasteiger partial charge in [-0.2, -0.15) is 0 Å². The molecule has 6 heteroatoms. The number of para-hydroxylation sites is 1. The molecule has 2 aromatic carbocycles. The highest BCUT2D eigenvalue weighted by molar-refractivity contribution is 7.20. The van der Waals surface area contributed by atoms with E-state index >= 15 is 0 Å². The van der Waals surface area contributed by atoms with Crippen molar-refractivity contribution < 1.29 is 9.59 Å². The highest BCUT2D eigenvalue weighted by atomic mass is 32.1. The van der Waals surface area contributed by atoms with Crippen molar-refractivity contribution in [2.75, 3.05) is 11.4 Å². The second-order valence-electron chi connectivity index (χ2n) is 9.27. The minimum absolute atomic E-state index is 0.00301. The van der Waals surface area contributed by atoms with Crippen LogP contribution in [0.1, 0.15) is 52.9 Å². The zero-order chi connectivity index (χ0) is 23.7. The second-order valence-corrected chi connectivity index (χ2v) is 10.3. The van der Waals surface area contributed by atoms with Crippen molar-refractivity contribution in [3.8, 4) is 0 Å². The molecule has 1 N–H and O–H groups in total. The average Bonchev–Trinajstić information content (AvgIpc) is 3.24. The number of hydrogen-bond donors (Lipinski definition) is 1. The van der Waals surface area contributed by atoms with Gasteiger partial charge in [-0.3, -0.25) is 14.5 Å². The van der Waals surface area contributed by atoms with Gasteiger partial charge in [-0.15, -0.1) is 11.3 Å². The highest BCUT2D eigenvalue weighted by Crippen LogP contribution is 2.30. The Bertz CT molecular complexity index is 1370. The van der Waals surface area contributed by atoms with Gasteiger partial charge in [0.25, 0.3) is 5.91 Å². The number of hydrogen-bond acceptors (Lipinski definition) is 4. The first-order chi connectivity index (χ1) is 16.5. The largest absolute Gasteiger partial charge is 0.352 e. The third kappa shape index (κ3) is 4.68. The molecule has 0 spiro atoms. The van der Waals surface area contributed by atoms with Crippen LogP contribution in [0.25, 0.3) is 21.1 Å². The van der Waals surface area contributed by atoms with Gasteiger partial charge in [-0.1, -0.05) is 49.6 Å². The van der Waals surface area contributed by atoms with Crippen molar-refractivity contribution in [2.24, 2.45) is 0 Å². The summed E-state index contributed by atoms with van der Waals surface area (Å²) < 4.78 is 0. The molecule has 0 atom stereocenters. The van der Waals surface area contributed by atoms with Crippen LogP contribution < -0.4 is 10.2 Å². The minimum Gasteiger partial charge on any atom is -0.352 e. The van der Waals surface area contributed by atoms with Crippen LogP contribution in [0.4, 0.5) is 5.69 Å².